The summed E-state index contributed by atoms with van der Waals surface area (Å²) in [5.74, 6) is -0.336. The van der Waals surface area contributed by atoms with E-state index in [0.29, 0.717) is 17.2 Å². The lowest BCUT2D eigenvalue weighted by Crippen LogP contribution is -2.21. The molecule has 1 unspecified atom stereocenters. The molecule has 1 atom stereocenters. The number of benzene rings is 1. The molecule has 0 bridgehead atoms. The highest BCUT2D eigenvalue weighted by Gasteiger charge is 2.23. The van der Waals surface area contributed by atoms with Crippen LogP contribution in [0.5, 0.6) is 0 Å². The first-order valence-corrected chi connectivity index (χ1v) is 5.83. The molecule has 0 saturated carbocycles. The molecule has 0 amide bonds. The molecule has 0 N–H and O–H groups in total. The number of aliphatic imine (C=N–C) groups is 1. The van der Waals surface area contributed by atoms with E-state index in [2.05, 4.69) is 4.99 Å². The van der Waals surface area contributed by atoms with E-state index in [1.54, 1.807) is 22.8 Å². The summed E-state index contributed by atoms with van der Waals surface area (Å²) in [4.78, 5) is 16.2. The summed E-state index contributed by atoms with van der Waals surface area (Å²) in [6, 6.07) is 5.25. The highest BCUT2D eigenvalue weighted by atomic mass is 35.5. The fraction of sp³-hybridized carbons (Fsp3) is 0.333. The van der Waals surface area contributed by atoms with Gasteiger partial charge in [-0.3, -0.25) is 9.56 Å². The van der Waals surface area contributed by atoms with Crippen LogP contribution in [-0.2, 0) is 0 Å². The summed E-state index contributed by atoms with van der Waals surface area (Å²) in [7, 11) is 0. The van der Waals surface area contributed by atoms with Crippen LogP contribution in [0.1, 0.15) is 19.4 Å². The molecule has 2 heterocycles. The van der Waals surface area contributed by atoms with Gasteiger partial charge in [0.15, 0.2) is 5.58 Å². The van der Waals surface area contributed by atoms with Crippen molar-refractivity contribution in [3.8, 4) is 0 Å². The Hall–Kier alpha value is -1.55. The van der Waals surface area contributed by atoms with E-state index in [4.69, 9.17) is 16.0 Å². The van der Waals surface area contributed by atoms with Gasteiger partial charge in [-0.25, -0.2) is 4.79 Å². The van der Waals surface area contributed by atoms with Crippen LogP contribution in [0.25, 0.3) is 11.1 Å². The van der Waals surface area contributed by atoms with Crippen molar-refractivity contribution in [3.05, 3.63) is 33.8 Å². The number of hydrogen-bond acceptors (Lipinski definition) is 3. The summed E-state index contributed by atoms with van der Waals surface area (Å²) in [6.45, 7) is 2.60. The number of hydrogen-bond donors (Lipinski definition) is 0. The van der Waals surface area contributed by atoms with Gasteiger partial charge in [-0.2, -0.15) is 0 Å². The monoisotopic (exact) mass is 250 g/mol. The van der Waals surface area contributed by atoms with Crippen molar-refractivity contribution in [1.29, 1.82) is 0 Å². The molecule has 1 aromatic heterocycles. The van der Waals surface area contributed by atoms with Gasteiger partial charge in [0, 0.05) is 17.2 Å². The Morgan fingerprint density at radius 1 is 1.53 bits per heavy atom. The van der Waals surface area contributed by atoms with E-state index in [9.17, 15) is 4.79 Å². The first-order valence-electron chi connectivity index (χ1n) is 5.45. The number of aromatic nitrogens is 1. The normalized spacial score (nSPS) is 19.9. The van der Waals surface area contributed by atoms with E-state index in [1.807, 2.05) is 6.92 Å². The fourth-order valence-corrected chi connectivity index (χ4v) is 2.42. The van der Waals surface area contributed by atoms with Crippen molar-refractivity contribution in [2.24, 2.45) is 4.99 Å². The Labute approximate surface area is 103 Å². The van der Waals surface area contributed by atoms with E-state index >= 15 is 0 Å². The van der Waals surface area contributed by atoms with Gasteiger partial charge in [0.2, 0.25) is 0 Å². The first-order chi connectivity index (χ1) is 8.15. The standard InChI is InChI=1S/C12H11ClN2O2/c1-7-4-9(6-14-7)15-10-5-8(13)2-3-11(10)17-12(15)16/h2-3,5,9H,4,6H2,1H3. The van der Waals surface area contributed by atoms with Gasteiger partial charge in [0.05, 0.1) is 18.1 Å². The van der Waals surface area contributed by atoms with Gasteiger partial charge in [0.1, 0.15) is 0 Å². The van der Waals surface area contributed by atoms with Gasteiger partial charge in [-0.1, -0.05) is 11.6 Å². The van der Waals surface area contributed by atoms with Crippen LogP contribution in [0, 0.1) is 0 Å². The number of halogens is 1. The minimum atomic E-state index is -0.336. The number of oxazole rings is 1. The Bertz CT molecular complexity index is 669. The van der Waals surface area contributed by atoms with E-state index in [-0.39, 0.29) is 11.8 Å². The lowest BCUT2D eigenvalue weighted by molar-refractivity contribution is 0.463. The summed E-state index contributed by atoms with van der Waals surface area (Å²) < 4.78 is 6.85. The second-order valence-electron chi connectivity index (χ2n) is 4.28. The molecule has 1 aliphatic heterocycles. The zero-order chi connectivity index (χ0) is 12.0. The second-order valence-corrected chi connectivity index (χ2v) is 4.72. The minimum Gasteiger partial charge on any atom is -0.408 e. The molecule has 4 nitrogen and oxygen atoms in total. The number of rotatable bonds is 1. The minimum absolute atomic E-state index is 0.0576. The maximum atomic E-state index is 11.8. The number of nitrogens with zero attached hydrogens (tertiary/aromatic N) is 2. The molecule has 1 aliphatic rings. The van der Waals surface area contributed by atoms with E-state index < -0.39 is 0 Å². The highest BCUT2D eigenvalue weighted by Crippen LogP contribution is 2.25. The number of fused-ring (bicyclic) bond motifs is 1. The highest BCUT2D eigenvalue weighted by molar-refractivity contribution is 6.31. The van der Waals surface area contributed by atoms with Crippen molar-refractivity contribution < 1.29 is 4.42 Å². The van der Waals surface area contributed by atoms with E-state index in [1.165, 1.54) is 0 Å². The molecule has 0 radical (unpaired) electrons. The Morgan fingerprint density at radius 3 is 3.06 bits per heavy atom. The predicted octanol–water partition coefficient (Wildman–Crippen LogP) is 2.65. The fourth-order valence-electron chi connectivity index (χ4n) is 2.26. The third kappa shape index (κ3) is 1.69. The van der Waals surface area contributed by atoms with Crippen molar-refractivity contribution in [3.63, 3.8) is 0 Å². The van der Waals surface area contributed by atoms with Gasteiger partial charge in [-0.05, 0) is 25.1 Å². The maximum Gasteiger partial charge on any atom is 0.420 e. The molecular formula is C12H11ClN2O2. The molecule has 17 heavy (non-hydrogen) atoms. The largest absolute Gasteiger partial charge is 0.420 e. The topological polar surface area (TPSA) is 47.5 Å². The van der Waals surface area contributed by atoms with Crippen molar-refractivity contribution >= 4 is 28.4 Å². The molecule has 1 aromatic carbocycles. The van der Waals surface area contributed by atoms with Gasteiger partial charge in [-0.15, -0.1) is 0 Å². The van der Waals surface area contributed by atoms with Crippen LogP contribution in [0.4, 0.5) is 0 Å². The third-order valence-corrected chi connectivity index (χ3v) is 3.28. The molecule has 0 spiro atoms. The van der Waals surface area contributed by atoms with Crippen molar-refractivity contribution in [2.45, 2.75) is 19.4 Å². The van der Waals surface area contributed by atoms with Crippen LogP contribution in [0.15, 0.2) is 32.4 Å². The molecule has 0 aliphatic carbocycles. The van der Waals surface area contributed by atoms with Crippen LogP contribution in [0.2, 0.25) is 5.02 Å². The van der Waals surface area contributed by atoms with Crippen LogP contribution in [0.3, 0.4) is 0 Å². The summed E-state index contributed by atoms with van der Waals surface area (Å²) in [5.41, 5.74) is 2.39. The zero-order valence-electron chi connectivity index (χ0n) is 9.31. The van der Waals surface area contributed by atoms with Gasteiger partial charge in [0.25, 0.3) is 0 Å². The average Bonchev–Trinajstić information content (AvgIpc) is 2.81. The lowest BCUT2D eigenvalue weighted by Gasteiger charge is -2.09. The summed E-state index contributed by atoms with van der Waals surface area (Å²) >= 11 is 5.95. The predicted molar refractivity (Wildman–Crippen MR) is 67.1 cm³/mol. The first kappa shape index (κ1) is 10.6. The molecule has 0 fully saturated rings. The van der Waals surface area contributed by atoms with E-state index in [0.717, 1.165) is 17.6 Å². The molecule has 3 rings (SSSR count). The van der Waals surface area contributed by atoms with Gasteiger partial charge >= 0.3 is 5.76 Å². The van der Waals surface area contributed by atoms with Crippen LogP contribution < -0.4 is 5.76 Å². The van der Waals surface area contributed by atoms with Crippen LogP contribution >= 0.6 is 11.6 Å². The van der Waals surface area contributed by atoms with Crippen LogP contribution in [-0.4, -0.2) is 16.8 Å². The second kappa shape index (κ2) is 3.74. The smallest absolute Gasteiger partial charge is 0.408 e. The Morgan fingerprint density at radius 2 is 2.35 bits per heavy atom. The Kier molecular flexibility index (Phi) is 2.33. The molecule has 88 valence electrons. The molecular weight excluding hydrogens is 240 g/mol. The van der Waals surface area contributed by atoms with Crippen molar-refractivity contribution in [1.82, 2.24) is 4.57 Å². The summed E-state index contributed by atoms with van der Waals surface area (Å²) in [6.07, 6.45) is 0.793. The third-order valence-electron chi connectivity index (χ3n) is 3.04. The average molecular weight is 251 g/mol. The Balaban J connectivity index is 2.18. The SMILES string of the molecule is CC1=NCC(n2c(=O)oc3ccc(Cl)cc32)C1. The summed E-state index contributed by atoms with van der Waals surface area (Å²) in [5, 5.41) is 0.600. The quantitative estimate of drug-likeness (QED) is 0.781. The maximum absolute atomic E-state index is 11.8. The van der Waals surface area contributed by atoms with Crippen molar-refractivity contribution in [2.75, 3.05) is 6.54 Å². The zero-order valence-corrected chi connectivity index (χ0v) is 10.1. The molecule has 2 aromatic rings. The molecule has 0 saturated heterocycles. The molecule has 5 heteroatoms. The van der Waals surface area contributed by atoms with Gasteiger partial charge < -0.3 is 4.42 Å². The lowest BCUT2D eigenvalue weighted by atomic mass is 10.2.